The Kier molecular flexibility index (Phi) is 3.90. The Morgan fingerprint density at radius 2 is 1.77 bits per heavy atom. The molecule has 0 bridgehead atoms. The highest BCUT2D eigenvalue weighted by molar-refractivity contribution is 7.80. The van der Waals surface area contributed by atoms with E-state index in [1.165, 1.54) is 13.8 Å². The fraction of sp³-hybridized carbons (Fsp3) is 0.500. The predicted octanol–water partition coefficient (Wildman–Crippen LogP) is 3.12. The molecular weight excluding hydrogens is 320 g/mol. The molecule has 8 heteroatoms. The minimum atomic E-state index is -3.56. The van der Waals surface area contributed by atoms with Crippen LogP contribution >= 0.6 is 12.2 Å². The summed E-state index contributed by atoms with van der Waals surface area (Å²) in [7, 11) is 0. The zero-order valence-electron chi connectivity index (χ0n) is 12.3. The van der Waals surface area contributed by atoms with Crippen LogP contribution in [-0.4, -0.2) is 23.1 Å². The maximum Gasteiger partial charge on any atom is 0.302 e. The summed E-state index contributed by atoms with van der Waals surface area (Å²) in [4.78, 5) is -0.00459. The van der Waals surface area contributed by atoms with Crippen LogP contribution in [0, 0.1) is 11.6 Å². The molecule has 1 aromatic rings. The molecule has 1 aliphatic heterocycles. The maximum atomic E-state index is 15.0. The second kappa shape index (κ2) is 5.06. The standard InChI is InChI=1S/C14H16F4N2OS/c1-12(2)14(17,18)13(3,20-11(22)6-21-12)7-4-10(19)9(16)5-8(7)15/h4-5H,6,19H2,1-3H3,(H,20,22)/t13-/m1/s1. The smallest absolute Gasteiger partial charge is 0.302 e. The van der Waals surface area contributed by atoms with E-state index in [-0.39, 0.29) is 11.6 Å². The van der Waals surface area contributed by atoms with Crippen molar-refractivity contribution >= 4 is 22.9 Å². The molecule has 3 N–H and O–H groups in total. The van der Waals surface area contributed by atoms with Gasteiger partial charge >= 0.3 is 5.92 Å². The van der Waals surface area contributed by atoms with Crippen LogP contribution in [0.5, 0.6) is 0 Å². The molecule has 122 valence electrons. The van der Waals surface area contributed by atoms with Gasteiger partial charge < -0.3 is 15.8 Å². The van der Waals surface area contributed by atoms with E-state index < -0.39 is 39.9 Å². The second-order valence-corrected chi connectivity index (χ2v) is 6.39. The number of nitrogens with two attached hydrogens (primary N) is 1. The molecule has 2 rings (SSSR count). The Bertz CT molecular complexity index is 636. The fourth-order valence-corrected chi connectivity index (χ4v) is 2.78. The first-order valence-electron chi connectivity index (χ1n) is 6.50. The monoisotopic (exact) mass is 336 g/mol. The molecule has 1 aromatic carbocycles. The van der Waals surface area contributed by atoms with Gasteiger partial charge in [-0.25, -0.2) is 17.6 Å². The van der Waals surface area contributed by atoms with Gasteiger partial charge in [0.25, 0.3) is 0 Å². The first-order chi connectivity index (χ1) is 9.92. The van der Waals surface area contributed by atoms with Gasteiger partial charge in [0.05, 0.1) is 12.3 Å². The summed E-state index contributed by atoms with van der Waals surface area (Å²) in [6.45, 7) is 3.23. The Balaban J connectivity index is 2.72. The average Bonchev–Trinajstić information content (AvgIpc) is 2.44. The topological polar surface area (TPSA) is 47.3 Å². The molecule has 0 aliphatic carbocycles. The van der Waals surface area contributed by atoms with Crippen molar-refractivity contribution in [3.8, 4) is 0 Å². The van der Waals surface area contributed by atoms with E-state index in [0.29, 0.717) is 6.07 Å². The van der Waals surface area contributed by atoms with Crippen molar-refractivity contribution in [1.29, 1.82) is 0 Å². The van der Waals surface area contributed by atoms with Gasteiger partial charge in [0.1, 0.15) is 27.8 Å². The highest BCUT2D eigenvalue weighted by Gasteiger charge is 2.64. The number of nitrogens with one attached hydrogen (secondary N) is 1. The quantitative estimate of drug-likeness (QED) is 0.470. The lowest BCUT2D eigenvalue weighted by Gasteiger charge is -2.44. The lowest BCUT2D eigenvalue weighted by molar-refractivity contribution is -0.216. The summed E-state index contributed by atoms with van der Waals surface area (Å²) in [5.74, 6) is -5.71. The van der Waals surface area contributed by atoms with Gasteiger partial charge in [0, 0.05) is 11.6 Å². The molecule has 0 unspecified atom stereocenters. The van der Waals surface area contributed by atoms with E-state index in [1.807, 2.05) is 0 Å². The van der Waals surface area contributed by atoms with Gasteiger partial charge in [-0.2, -0.15) is 0 Å². The third-order valence-electron chi connectivity index (χ3n) is 3.96. The Labute approximate surface area is 130 Å². The molecule has 0 spiro atoms. The van der Waals surface area contributed by atoms with Crippen molar-refractivity contribution < 1.29 is 22.3 Å². The Morgan fingerprint density at radius 3 is 2.36 bits per heavy atom. The number of ether oxygens (including phenoxy) is 1. The first-order valence-corrected chi connectivity index (χ1v) is 6.91. The van der Waals surface area contributed by atoms with Crippen LogP contribution in [0.25, 0.3) is 0 Å². The van der Waals surface area contributed by atoms with Gasteiger partial charge in [0.2, 0.25) is 0 Å². The number of benzene rings is 1. The maximum absolute atomic E-state index is 15.0. The van der Waals surface area contributed by atoms with Crippen LogP contribution in [0.1, 0.15) is 26.3 Å². The molecule has 0 amide bonds. The van der Waals surface area contributed by atoms with Crippen molar-refractivity contribution in [2.24, 2.45) is 0 Å². The number of hydrogen-bond donors (Lipinski definition) is 2. The van der Waals surface area contributed by atoms with E-state index in [1.54, 1.807) is 0 Å². The molecule has 1 saturated heterocycles. The zero-order valence-corrected chi connectivity index (χ0v) is 13.1. The first kappa shape index (κ1) is 17.0. The summed E-state index contributed by atoms with van der Waals surface area (Å²) in [5.41, 5.74) is 0.339. The van der Waals surface area contributed by atoms with E-state index in [4.69, 9.17) is 22.7 Å². The van der Waals surface area contributed by atoms with E-state index in [0.717, 1.165) is 13.0 Å². The highest BCUT2D eigenvalue weighted by Crippen LogP contribution is 2.48. The number of hydrogen-bond acceptors (Lipinski definition) is 3. The summed E-state index contributed by atoms with van der Waals surface area (Å²) >= 11 is 4.95. The summed E-state index contributed by atoms with van der Waals surface area (Å²) in [5, 5.41) is 2.44. The third kappa shape index (κ3) is 2.34. The highest BCUT2D eigenvalue weighted by atomic mass is 32.1. The van der Waals surface area contributed by atoms with Crippen molar-refractivity contribution in [1.82, 2.24) is 5.32 Å². The third-order valence-corrected chi connectivity index (χ3v) is 4.18. The molecule has 1 aliphatic rings. The lowest BCUT2D eigenvalue weighted by Crippen LogP contribution is -2.62. The second-order valence-electron chi connectivity index (χ2n) is 5.90. The van der Waals surface area contributed by atoms with Crippen LogP contribution in [-0.2, 0) is 10.3 Å². The number of halogens is 4. The predicted molar refractivity (Wildman–Crippen MR) is 78.8 cm³/mol. The van der Waals surface area contributed by atoms with Gasteiger partial charge in [-0.15, -0.1) is 0 Å². The van der Waals surface area contributed by atoms with Crippen molar-refractivity contribution in [3.63, 3.8) is 0 Å². The normalized spacial score (nSPS) is 27.1. The van der Waals surface area contributed by atoms with E-state index in [2.05, 4.69) is 5.32 Å². The summed E-state index contributed by atoms with van der Waals surface area (Å²) in [6, 6.07) is 1.34. The lowest BCUT2D eigenvalue weighted by atomic mass is 9.77. The van der Waals surface area contributed by atoms with Gasteiger partial charge in [-0.1, -0.05) is 12.2 Å². The van der Waals surface area contributed by atoms with Crippen LogP contribution in [0.3, 0.4) is 0 Å². The fourth-order valence-electron chi connectivity index (χ4n) is 2.52. The van der Waals surface area contributed by atoms with Crippen LogP contribution < -0.4 is 11.1 Å². The molecule has 3 nitrogen and oxygen atoms in total. The Morgan fingerprint density at radius 1 is 1.18 bits per heavy atom. The van der Waals surface area contributed by atoms with Crippen LogP contribution in [0.4, 0.5) is 23.2 Å². The van der Waals surface area contributed by atoms with Gasteiger partial charge in [-0.3, -0.25) is 0 Å². The van der Waals surface area contributed by atoms with E-state index in [9.17, 15) is 8.78 Å². The van der Waals surface area contributed by atoms with E-state index >= 15 is 8.78 Å². The molecule has 0 saturated carbocycles. The van der Waals surface area contributed by atoms with Crippen molar-refractivity contribution in [2.45, 2.75) is 37.8 Å². The van der Waals surface area contributed by atoms with Crippen molar-refractivity contribution in [2.75, 3.05) is 12.3 Å². The largest absolute Gasteiger partial charge is 0.396 e. The van der Waals surface area contributed by atoms with Crippen molar-refractivity contribution in [3.05, 3.63) is 29.3 Å². The number of nitrogen functional groups attached to an aromatic ring is 1. The number of thiocarbonyl (C=S) groups is 1. The minimum absolute atomic E-state index is 0.00459. The van der Waals surface area contributed by atoms with Gasteiger partial charge in [-0.05, 0) is 26.8 Å². The molecule has 1 atom stereocenters. The molecular formula is C14H16F4N2OS. The van der Waals surface area contributed by atoms with Crippen LogP contribution in [0.15, 0.2) is 12.1 Å². The van der Waals surface area contributed by atoms with Crippen LogP contribution in [0.2, 0.25) is 0 Å². The minimum Gasteiger partial charge on any atom is -0.396 e. The Hall–Kier alpha value is -1.41. The summed E-state index contributed by atoms with van der Waals surface area (Å²) in [6.07, 6.45) is 0. The number of alkyl halides is 2. The molecule has 1 fully saturated rings. The molecule has 1 heterocycles. The average molecular weight is 336 g/mol. The SMILES string of the molecule is CC1(C)OCC(=S)N[C@](C)(c2cc(N)c(F)cc2F)C1(F)F. The zero-order chi connectivity index (χ0) is 16.9. The summed E-state index contributed by atoms with van der Waals surface area (Å²) < 4.78 is 62.7. The van der Waals surface area contributed by atoms with Gasteiger partial charge in [0.15, 0.2) is 0 Å². The molecule has 0 aromatic heterocycles. The number of anilines is 1. The number of rotatable bonds is 1. The molecule has 22 heavy (non-hydrogen) atoms. The molecule has 0 radical (unpaired) electrons.